The van der Waals surface area contributed by atoms with Gasteiger partial charge in [0.15, 0.2) is 6.29 Å². The highest BCUT2D eigenvalue weighted by atomic mass is 31.3. The van der Waals surface area contributed by atoms with Crippen molar-refractivity contribution in [1.82, 2.24) is 0 Å². The van der Waals surface area contributed by atoms with Gasteiger partial charge in [0.05, 0.1) is 0 Å². The van der Waals surface area contributed by atoms with E-state index in [1.165, 1.54) is 0 Å². The van der Waals surface area contributed by atoms with Crippen LogP contribution in [0.25, 0.3) is 0 Å². The largest absolute Gasteiger partial charge is 0.478 e. The first-order valence-corrected chi connectivity index (χ1v) is 10.9. The number of hydrogen-bond acceptors (Lipinski definition) is 8. The van der Waals surface area contributed by atoms with Crippen LogP contribution in [0.3, 0.4) is 0 Å². The van der Waals surface area contributed by atoms with Crippen molar-refractivity contribution >= 4 is 31.3 Å². The summed E-state index contributed by atoms with van der Waals surface area (Å²) in [5.41, 5.74) is 0. The summed E-state index contributed by atoms with van der Waals surface area (Å²) in [5, 5.41) is 8.57. The van der Waals surface area contributed by atoms with Crippen LogP contribution in [0.15, 0.2) is 13.2 Å². The molecule has 0 aliphatic heterocycles. The summed E-state index contributed by atoms with van der Waals surface area (Å²) in [7, 11) is -19.8. The predicted octanol–water partition coefficient (Wildman–Crippen LogP) is -1.49. The molecule has 0 spiro atoms. The number of aliphatic hydroxyl groups is 1. The molecule has 0 bridgehead atoms. The van der Waals surface area contributed by atoms with Crippen molar-refractivity contribution in [3.8, 4) is 0 Å². The van der Waals surface area contributed by atoms with E-state index in [1.807, 2.05) is 0 Å². The van der Waals surface area contributed by atoms with Crippen LogP contribution in [0, 0.1) is 0 Å². The lowest BCUT2D eigenvalue weighted by Gasteiger charge is -2.12. The fourth-order valence-corrected chi connectivity index (χ4v) is 2.30. The van der Waals surface area contributed by atoms with Crippen LogP contribution in [-0.4, -0.2) is 57.2 Å². The highest BCUT2D eigenvalue weighted by molar-refractivity contribution is 7.60. The molecule has 0 aliphatic carbocycles. The highest BCUT2D eigenvalue weighted by Crippen LogP contribution is 2.53. The molecular weight excluding hydrogens is 428 g/mol. The summed E-state index contributed by atoms with van der Waals surface area (Å²) in [6.45, 7) is 4.95. The van der Waals surface area contributed by atoms with Crippen molar-refractivity contribution in [3.63, 3.8) is 0 Å². The summed E-state index contributed by atoms with van der Waals surface area (Å²) in [5.74, 6) is 0. The lowest BCUT2D eigenvalue weighted by molar-refractivity contribution is -0.0680. The second-order valence-electron chi connectivity index (χ2n) is 2.90. The van der Waals surface area contributed by atoms with Crippen molar-refractivity contribution in [3.05, 3.63) is 13.2 Å². The van der Waals surface area contributed by atoms with Gasteiger partial charge in [-0.25, -0.2) is 18.3 Å². The van der Waals surface area contributed by atoms with Crippen molar-refractivity contribution < 1.29 is 75.9 Å². The molecule has 148 valence electrons. The number of rotatable bonds is 7. The molecule has 24 heavy (non-hydrogen) atoms. The van der Waals surface area contributed by atoms with Gasteiger partial charge in [-0.05, 0) is 0 Å². The lowest BCUT2D eigenvalue weighted by atomic mass is 10.7. The van der Waals surface area contributed by atoms with E-state index in [1.54, 1.807) is 0 Å². The maximum Gasteiger partial charge on any atom is 0.478 e. The van der Waals surface area contributed by atoms with Crippen LogP contribution in [0.5, 0.6) is 0 Å². The van der Waals surface area contributed by atoms with E-state index >= 15 is 0 Å². The fraction of sp³-hybridized carbons (Fsp3) is 0.500. The average Bonchev–Trinajstić information content (AvgIpc) is 2.21. The van der Waals surface area contributed by atoms with Gasteiger partial charge in [-0.2, -0.15) is 4.31 Å². The lowest BCUT2D eigenvalue weighted by Crippen LogP contribution is -2.16. The zero-order valence-corrected chi connectivity index (χ0v) is 14.9. The van der Waals surface area contributed by atoms with Crippen molar-refractivity contribution in [2.75, 3.05) is 6.61 Å². The molecule has 16 nitrogen and oxygen atoms in total. The van der Waals surface area contributed by atoms with Gasteiger partial charge in [-0.3, -0.25) is 9.05 Å². The fourth-order valence-electron chi connectivity index (χ4n) is 0.488. The van der Waals surface area contributed by atoms with E-state index in [9.17, 15) is 18.3 Å². The van der Waals surface area contributed by atoms with Gasteiger partial charge >= 0.3 is 31.3 Å². The van der Waals surface area contributed by atoms with Gasteiger partial charge in [-0.1, -0.05) is 0 Å². The number of phosphoric acid groups is 4. The van der Waals surface area contributed by atoms with Crippen molar-refractivity contribution in [1.29, 1.82) is 0 Å². The Bertz CT molecular complexity index is 498. The summed E-state index contributed by atoms with van der Waals surface area (Å²) >= 11 is 0. The number of aliphatic hydroxyl groups excluding tert-OH is 1. The van der Waals surface area contributed by atoms with Gasteiger partial charge in [-0.15, -0.1) is 13.2 Å². The van der Waals surface area contributed by atoms with E-state index in [4.69, 9.17) is 44.3 Å². The molecule has 0 aromatic heterocycles. The highest BCUT2D eigenvalue weighted by Gasteiger charge is 2.28. The SMILES string of the molecule is C=C.O=P(O)(O)OCC(O)OP(=O)(O)O.O=P(O)(O)OP(=O)(O)O. The van der Waals surface area contributed by atoms with Gasteiger partial charge in [0.25, 0.3) is 0 Å². The van der Waals surface area contributed by atoms with Crippen LogP contribution in [-0.2, 0) is 31.6 Å². The van der Waals surface area contributed by atoms with E-state index < -0.39 is 44.2 Å². The molecule has 0 amide bonds. The molecular formula is C4H16O16P4. The second-order valence-corrected chi connectivity index (χ2v) is 7.95. The predicted molar refractivity (Wildman–Crippen MR) is 73.6 cm³/mol. The second kappa shape index (κ2) is 11.7. The Hall–Kier alpha value is 0.180. The summed E-state index contributed by atoms with van der Waals surface area (Å²) in [4.78, 5) is 63.4. The molecule has 0 aliphatic rings. The first-order valence-electron chi connectivity index (χ1n) is 4.75. The van der Waals surface area contributed by atoms with Crippen molar-refractivity contribution in [2.24, 2.45) is 0 Å². The molecule has 0 saturated heterocycles. The normalized spacial score (nSPS) is 13.9. The van der Waals surface area contributed by atoms with Gasteiger partial charge < -0.3 is 44.3 Å². The summed E-state index contributed by atoms with van der Waals surface area (Å²) in [6.07, 6.45) is -2.10. The molecule has 0 aromatic carbocycles. The average molecular weight is 444 g/mol. The minimum absolute atomic E-state index is 1.05. The molecule has 0 fully saturated rings. The maximum atomic E-state index is 10.0. The number of phosphoric ester groups is 2. The third kappa shape index (κ3) is 33.7. The van der Waals surface area contributed by atoms with Gasteiger partial charge in [0, 0.05) is 0 Å². The van der Waals surface area contributed by atoms with Crippen LogP contribution in [0.1, 0.15) is 0 Å². The number of hydrogen-bond donors (Lipinski definition) is 9. The van der Waals surface area contributed by atoms with Crippen LogP contribution in [0.4, 0.5) is 0 Å². The Balaban J connectivity index is -0.000000351. The van der Waals surface area contributed by atoms with E-state index in [0.29, 0.717) is 0 Å². The first-order chi connectivity index (χ1) is 10.3. The zero-order chi connectivity index (χ0) is 20.4. The maximum absolute atomic E-state index is 10.0. The summed E-state index contributed by atoms with van der Waals surface area (Å²) < 4.78 is 49.5. The minimum Gasteiger partial charge on any atom is -0.366 e. The first kappa shape index (κ1) is 29.0. The Morgan fingerprint density at radius 1 is 0.708 bits per heavy atom. The molecule has 0 radical (unpaired) electrons. The minimum atomic E-state index is -5.05. The quantitative estimate of drug-likeness (QED) is 0.123. The molecule has 1 atom stereocenters. The molecule has 0 aromatic rings. The zero-order valence-electron chi connectivity index (χ0n) is 11.4. The van der Waals surface area contributed by atoms with Crippen LogP contribution >= 0.6 is 31.3 Å². The Kier molecular flexibility index (Phi) is 14.2. The molecule has 0 saturated carbocycles. The Labute approximate surface area is 134 Å². The summed E-state index contributed by atoms with van der Waals surface area (Å²) in [6, 6.07) is 0. The third-order valence-electron chi connectivity index (χ3n) is 0.857. The van der Waals surface area contributed by atoms with Gasteiger partial charge in [0.2, 0.25) is 0 Å². The molecule has 0 rings (SSSR count). The van der Waals surface area contributed by atoms with Crippen molar-refractivity contribution in [2.45, 2.75) is 6.29 Å². The van der Waals surface area contributed by atoms with Gasteiger partial charge in [0.1, 0.15) is 6.61 Å². The Morgan fingerprint density at radius 3 is 1.21 bits per heavy atom. The monoisotopic (exact) mass is 444 g/mol. The van der Waals surface area contributed by atoms with Crippen LogP contribution in [0.2, 0.25) is 0 Å². The molecule has 1 unspecified atom stereocenters. The third-order valence-corrected chi connectivity index (χ3v) is 3.56. The van der Waals surface area contributed by atoms with Crippen LogP contribution < -0.4 is 0 Å². The van der Waals surface area contributed by atoms with E-state index in [2.05, 4.69) is 26.5 Å². The smallest absolute Gasteiger partial charge is 0.366 e. The standard InChI is InChI=1S/C2H8O9P2.C2H4.H4O7P2/c3-2(11-13(7,8)9)1-10-12(4,5)6;1-2;1-8(2,3)7-9(4,5)6/h2-3H,1H2,(H2,4,5,6)(H2,7,8,9);1-2H2;(H2,1,2,3)(H2,4,5,6). The topological polar surface area (TPSA) is 278 Å². The Morgan fingerprint density at radius 2 is 1.04 bits per heavy atom. The van der Waals surface area contributed by atoms with E-state index in [0.717, 1.165) is 0 Å². The van der Waals surface area contributed by atoms with E-state index in [-0.39, 0.29) is 0 Å². The molecule has 0 heterocycles. The molecule has 9 N–H and O–H groups in total. The molecule has 20 heteroatoms.